The summed E-state index contributed by atoms with van der Waals surface area (Å²) >= 11 is 0. The van der Waals surface area contributed by atoms with Crippen LogP contribution < -0.4 is 0 Å². The van der Waals surface area contributed by atoms with Crippen molar-refractivity contribution < 1.29 is 0 Å². The minimum absolute atomic E-state index is 0.125. The average molecular weight is 703 g/mol. The van der Waals surface area contributed by atoms with Gasteiger partial charge in [0.15, 0.2) is 0 Å². The molecule has 0 atom stereocenters. The Morgan fingerprint density at radius 3 is 1.89 bits per heavy atom. The standard InChI is InChI=1S/C51H34N4/c1-51(2)42-19-9-5-15-35(42)40-30-48-41(29-43(40)51)38-26-25-34(54-45-21-11-7-16-36(45)37-17-8-12-22-46(37)54)28-47(38)55(48)50-52-44-20-10-6-18-39(44)49(53-50)33-24-23-31-13-3-4-14-32(31)27-33/h3-30H,1-2H3. The Bertz CT molecular complexity index is 3360. The molecule has 12 rings (SSSR count). The molecule has 0 saturated heterocycles. The zero-order chi connectivity index (χ0) is 36.4. The van der Waals surface area contributed by atoms with Gasteiger partial charge >= 0.3 is 0 Å². The highest BCUT2D eigenvalue weighted by Gasteiger charge is 2.36. The van der Waals surface area contributed by atoms with Gasteiger partial charge in [-0.1, -0.05) is 135 Å². The van der Waals surface area contributed by atoms with Gasteiger partial charge in [-0.3, -0.25) is 4.57 Å². The van der Waals surface area contributed by atoms with Gasteiger partial charge in [0.2, 0.25) is 5.95 Å². The predicted molar refractivity (Wildman–Crippen MR) is 229 cm³/mol. The van der Waals surface area contributed by atoms with E-state index < -0.39 is 0 Å². The fraction of sp³-hybridized carbons (Fsp3) is 0.0588. The quantitative estimate of drug-likeness (QED) is 0.184. The third-order valence-corrected chi connectivity index (χ3v) is 12.1. The van der Waals surface area contributed by atoms with Crippen LogP contribution in [0.2, 0.25) is 0 Å². The van der Waals surface area contributed by atoms with E-state index in [0.29, 0.717) is 5.95 Å². The molecule has 3 heterocycles. The summed E-state index contributed by atoms with van der Waals surface area (Å²) in [5.41, 5.74) is 13.7. The lowest BCUT2D eigenvalue weighted by Crippen LogP contribution is -2.14. The molecule has 258 valence electrons. The molecular formula is C51H34N4. The normalized spacial score (nSPS) is 13.4. The van der Waals surface area contributed by atoms with Crippen LogP contribution in [0.1, 0.15) is 25.0 Å². The number of nitrogens with zero attached hydrogens (tertiary/aromatic N) is 4. The van der Waals surface area contributed by atoms with Crippen LogP contribution in [-0.2, 0) is 5.41 Å². The average Bonchev–Trinajstić information content (AvgIpc) is 3.82. The maximum absolute atomic E-state index is 5.52. The third-order valence-electron chi connectivity index (χ3n) is 12.1. The summed E-state index contributed by atoms with van der Waals surface area (Å²) < 4.78 is 4.71. The highest BCUT2D eigenvalue weighted by Crippen LogP contribution is 2.51. The fourth-order valence-corrected chi connectivity index (χ4v) is 9.48. The molecule has 0 N–H and O–H groups in total. The van der Waals surface area contributed by atoms with Gasteiger partial charge in [0.05, 0.1) is 33.3 Å². The second-order valence-corrected chi connectivity index (χ2v) is 15.4. The minimum Gasteiger partial charge on any atom is -0.309 e. The smallest absolute Gasteiger partial charge is 0.235 e. The number of fused-ring (bicyclic) bond motifs is 11. The van der Waals surface area contributed by atoms with E-state index in [-0.39, 0.29) is 5.41 Å². The summed E-state index contributed by atoms with van der Waals surface area (Å²) in [7, 11) is 0. The van der Waals surface area contributed by atoms with Gasteiger partial charge in [-0.25, -0.2) is 9.97 Å². The molecule has 0 radical (unpaired) electrons. The monoisotopic (exact) mass is 702 g/mol. The maximum atomic E-state index is 5.52. The highest BCUT2D eigenvalue weighted by atomic mass is 15.2. The zero-order valence-electron chi connectivity index (χ0n) is 30.5. The van der Waals surface area contributed by atoms with Crippen LogP contribution in [0.15, 0.2) is 170 Å². The van der Waals surface area contributed by atoms with Crippen molar-refractivity contribution in [2.75, 3.05) is 0 Å². The molecule has 11 aromatic rings. The lowest BCUT2D eigenvalue weighted by Gasteiger charge is -2.21. The summed E-state index contributed by atoms with van der Waals surface area (Å²) in [5, 5.41) is 8.30. The Balaban J connectivity index is 1.20. The fourth-order valence-electron chi connectivity index (χ4n) is 9.48. The van der Waals surface area contributed by atoms with E-state index in [1.54, 1.807) is 0 Å². The molecule has 4 nitrogen and oxygen atoms in total. The third kappa shape index (κ3) is 4.22. The first-order valence-electron chi connectivity index (χ1n) is 19.0. The summed E-state index contributed by atoms with van der Waals surface area (Å²) in [4.78, 5) is 10.9. The van der Waals surface area contributed by atoms with E-state index in [4.69, 9.17) is 9.97 Å². The number of benzene rings is 8. The van der Waals surface area contributed by atoms with Crippen LogP contribution in [0.5, 0.6) is 0 Å². The zero-order valence-corrected chi connectivity index (χ0v) is 30.5. The molecule has 1 aliphatic carbocycles. The topological polar surface area (TPSA) is 35.6 Å². The van der Waals surface area contributed by atoms with Crippen LogP contribution in [0.3, 0.4) is 0 Å². The number of rotatable bonds is 3. The van der Waals surface area contributed by atoms with E-state index in [0.717, 1.165) is 38.9 Å². The van der Waals surface area contributed by atoms with Gasteiger partial charge in [-0.15, -0.1) is 0 Å². The molecule has 1 aliphatic rings. The molecule has 4 heteroatoms. The van der Waals surface area contributed by atoms with Gasteiger partial charge in [-0.2, -0.15) is 0 Å². The maximum Gasteiger partial charge on any atom is 0.235 e. The SMILES string of the molecule is CC1(C)c2ccccc2-c2cc3c(cc21)c1ccc(-n2c4ccccc4c4ccccc42)cc1n3-c1nc(-c2ccc3ccccc3c2)c2ccccc2n1. The first kappa shape index (κ1) is 30.4. The lowest BCUT2D eigenvalue weighted by molar-refractivity contribution is 0.661. The lowest BCUT2D eigenvalue weighted by atomic mass is 9.82. The van der Waals surface area contributed by atoms with Crippen molar-refractivity contribution in [3.63, 3.8) is 0 Å². The molecule has 0 amide bonds. The molecule has 0 aliphatic heterocycles. The predicted octanol–water partition coefficient (Wildman–Crippen LogP) is 13.0. The Labute approximate surface area is 317 Å². The molecule has 0 bridgehead atoms. The van der Waals surface area contributed by atoms with Crippen LogP contribution in [0, 0.1) is 0 Å². The summed E-state index contributed by atoms with van der Waals surface area (Å²) in [6.07, 6.45) is 0. The van der Waals surface area contributed by atoms with Crippen LogP contribution >= 0.6 is 0 Å². The Morgan fingerprint density at radius 1 is 0.418 bits per heavy atom. The van der Waals surface area contributed by atoms with E-state index in [2.05, 4.69) is 193 Å². The molecule has 0 fully saturated rings. The van der Waals surface area contributed by atoms with E-state index in [1.807, 2.05) is 0 Å². The van der Waals surface area contributed by atoms with Gasteiger partial charge in [0.25, 0.3) is 0 Å². The van der Waals surface area contributed by atoms with Crippen LogP contribution in [0.25, 0.3) is 99.3 Å². The highest BCUT2D eigenvalue weighted by molar-refractivity contribution is 6.13. The summed E-state index contributed by atoms with van der Waals surface area (Å²) in [6, 6.07) is 61.6. The Morgan fingerprint density at radius 2 is 1.07 bits per heavy atom. The summed E-state index contributed by atoms with van der Waals surface area (Å²) in [5.74, 6) is 0.659. The van der Waals surface area contributed by atoms with Crippen LogP contribution in [-0.4, -0.2) is 19.1 Å². The van der Waals surface area contributed by atoms with Gasteiger partial charge in [0.1, 0.15) is 0 Å². The second kappa shape index (κ2) is 11.0. The Kier molecular flexibility index (Phi) is 6.09. The Hall–Kier alpha value is -7.04. The summed E-state index contributed by atoms with van der Waals surface area (Å²) in [6.45, 7) is 4.71. The van der Waals surface area contributed by atoms with Gasteiger partial charge < -0.3 is 4.57 Å². The number of para-hydroxylation sites is 3. The van der Waals surface area contributed by atoms with Crippen molar-refractivity contribution in [3.8, 4) is 34.0 Å². The molecule has 8 aromatic carbocycles. The van der Waals surface area contributed by atoms with E-state index >= 15 is 0 Å². The van der Waals surface area contributed by atoms with E-state index in [9.17, 15) is 0 Å². The van der Waals surface area contributed by atoms with Crippen molar-refractivity contribution >= 4 is 65.3 Å². The van der Waals surface area contributed by atoms with Gasteiger partial charge in [-0.05, 0) is 81.6 Å². The molecule has 55 heavy (non-hydrogen) atoms. The first-order chi connectivity index (χ1) is 27.0. The van der Waals surface area contributed by atoms with Crippen LogP contribution in [0.4, 0.5) is 0 Å². The largest absolute Gasteiger partial charge is 0.309 e. The molecule has 0 spiro atoms. The first-order valence-corrected chi connectivity index (χ1v) is 19.0. The molecule has 0 saturated carbocycles. The minimum atomic E-state index is -0.125. The van der Waals surface area contributed by atoms with Gasteiger partial charge in [0, 0.05) is 43.6 Å². The molecule has 3 aromatic heterocycles. The van der Waals surface area contributed by atoms with E-state index in [1.165, 1.54) is 65.6 Å². The second-order valence-electron chi connectivity index (χ2n) is 15.4. The van der Waals surface area contributed by atoms with Crippen molar-refractivity contribution in [1.29, 1.82) is 0 Å². The molecular weight excluding hydrogens is 669 g/mol. The number of hydrogen-bond donors (Lipinski definition) is 0. The van der Waals surface area contributed by atoms with Crippen molar-refractivity contribution in [2.24, 2.45) is 0 Å². The number of aromatic nitrogens is 4. The molecule has 0 unspecified atom stereocenters. The van der Waals surface area contributed by atoms with Crippen molar-refractivity contribution in [1.82, 2.24) is 19.1 Å². The number of hydrogen-bond acceptors (Lipinski definition) is 2. The van der Waals surface area contributed by atoms with Crippen molar-refractivity contribution in [2.45, 2.75) is 19.3 Å². The van der Waals surface area contributed by atoms with Crippen molar-refractivity contribution in [3.05, 3.63) is 181 Å².